The highest BCUT2D eigenvalue weighted by Crippen LogP contribution is 2.30. The van der Waals surface area contributed by atoms with Crippen LogP contribution in [0.25, 0.3) is 0 Å². The molecule has 1 rings (SSSR count). The first-order valence-electron chi connectivity index (χ1n) is 5.07. The molecule has 17 heavy (non-hydrogen) atoms. The molecule has 0 aliphatic heterocycles. The van der Waals surface area contributed by atoms with E-state index in [-0.39, 0.29) is 11.4 Å². The van der Waals surface area contributed by atoms with Gasteiger partial charge in [-0.05, 0) is 18.6 Å². The lowest BCUT2D eigenvalue weighted by Crippen LogP contribution is -1.99. The van der Waals surface area contributed by atoms with Gasteiger partial charge in [0.15, 0.2) is 5.75 Å². The van der Waals surface area contributed by atoms with Crippen LogP contribution < -0.4 is 9.47 Å². The number of methoxy groups -OCH3 is 1. The zero-order valence-corrected chi connectivity index (χ0v) is 9.51. The molecule has 0 saturated carbocycles. The largest absolute Gasteiger partial charge is 0.493 e. The molecule has 0 aromatic heterocycles. The van der Waals surface area contributed by atoms with E-state index in [1.807, 2.05) is 0 Å². The Balaban J connectivity index is 2.72. The van der Waals surface area contributed by atoms with Gasteiger partial charge in [-0.15, -0.1) is 12.3 Å². The molecule has 5 nitrogen and oxygen atoms in total. The van der Waals surface area contributed by atoms with E-state index in [0.717, 1.165) is 6.42 Å². The molecule has 1 aromatic rings. The van der Waals surface area contributed by atoms with Gasteiger partial charge in [0.25, 0.3) is 0 Å². The second kappa shape index (κ2) is 6.38. The average molecular weight is 235 g/mol. The first-order valence-corrected chi connectivity index (χ1v) is 5.07. The van der Waals surface area contributed by atoms with Gasteiger partial charge in [-0.2, -0.15) is 0 Å². The number of ether oxygens (including phenoxy) is 2. The van der Waals surface area contributed by atoms with Crippen LogP contribution in [0.3, 0.4) is 0 Å². The van der Waals surface area contributed by atoms with Gasteiger partial charge in [0.1, 0.15) is 5.75 Å². The van der Waals surface area contributed by atoms with Crippen molar-refractivity contribution in [2.75, 3.05) is 13.7 Å². The first-order chi connectivity index (χ1) is 8.19. The van der Waals surface area contributed by atoms with Crippen LogP contribution in [0.5, 0.6) is 11.5 Å². The maximum Gasteiger partial charge on any atom is 0.314 e. The van der Waals surface area contributed by atoms with E-state index in [1.165, 1.54) is 19.2 Å². The van der Waals surface area contributed by atoms with Gasteiger partial charge in [-0.25, -0.2) is 0 Å². The van der Waals surface area contributed by atoms with Crippen LogP contribution in [0.1, 0.15) is 12.8 Å². The van der Waals surface area contributed by atoms with Gasteiger partial charge in [0.05, 0.1) is 24.7 Å². The summed E-state index contributed by atoms with van der Waals surface area (Å²) in [5, 5.41) is 10.8. The number of hydrogen-bond donors (Lipinski definition) is 0. The molecule has 0 aliphatic carbocycles. The number of hydrogen-bond acceptors (Lipinski definition) is 4. The van der Waals surface area contributed by atoms with Gasteiger partial charge in [0, 0.05) is 6.42 Å². The fourth-order valence-electron chi connectivity index (χ4n) is 1.27. The number of unbranched alkanes of at least 4 members (excludes halogenated alkanes) is 1. The Morgan fingerprint density at radius 2 is 2.29 bits per heavy atom. The van der Waals surface area contributed by atoms with Crippen LogP contribution >= 0.6 is 0 Å². The number of nitro groups is 1. The Kier molecular flexibility index (Phi) is 4.82. The van der Waals surface area contributed by atoms with Crippen LogP contribution in [0.4, 0.5) is 5.69 Å². The van der Waals surface area contributed by atoms with Crippen LogP contribution in [-0.2, 0) is 0 Å². The van der Waals surface area contributed by atoms with Gasteiger partial charge < -0.3 is 9.47 Å². The van der Waals surface area contributed by atoms with Crippen LogP contribution in [-0.4, -0.2) is 18.6 Å². The normalized spacial score (nSPS) is 9.41. The molecule has 1 aromatic carbocycles. The predicted molar refractivity (Wildman–Crippen MR) is 63.2 cm³/mol. The van der Waals surface area contributed by atoms with Crippen molar-refractivity contribution in [2.24, 2.45) is 0 Å². The molecule has 0 heterocycles. The third-order valence-corrected chi connectivity index (χ3v) is 2.08. The van der Waals surface area contributed by atoms with Crippen molar-refractivity contribution < 1.29 is 14.4 Å². The van der Waals surface area contributed by atoms with Crippen molar-refractivity contribution in [3.05, 3.63) is 28.3 Å². The molecule has 0 fully saturated rings. The maximum absolute atomic E-state index is 10.8. The third kappa shape index (κ3) is 3.68. The van der Waals surface area contributed by atoms with Crippen molar-refractivity contribution in [2.45, 2.75) is 12.8 Å². The predicted octanol–water partition coefficient (Wildman–Crippen LogP) is 2.40. The summed E-state index contributed by atoms with van der Waals surface area (Å²) in [5.74, 6) is 3.15. The molecule has 0 radical (unpaired) electrons. The van der Waals surface area contributed by atoms with Crippen LogP contribution in [0, 0.1) is 22.5 Å². The van der Waals surface area contributed by atoms with E-state index in [1.54, 1.807) is 6.07 Å². The summed E-state index contributed by atoms with van der Waals surface area (Å²) in [6.45, 7) is 0.438. The average Bonchev–Trinajstić information content (AvgIpc) is 2.34. The van der Waals surface area contributed by atoms with E-state index < -0.39 is 4.92 Å². The summed E-state index contributed by atoms with van der Waals surface area (Å²) < 4.78 is 10.2. The SMILES string of the molecule is C#CCCCOc1ccc(OC)c([N+](=O)[O-])c1. The lowest BCUT2D eigenvalue weighted by atomic mass is 10.2. The summed E-state index contributed by atoms with van der Waals surface area (Å²) in [5.41, 5.74) is -0.109. The minimum Gasteiger partial charge on any atom is -0.493 e. The number of terminal acetylenes is 1. The minimum absolute atomic E-state index is 0.109. The fourth-order valence-corrected chi connectivity index (χ4v) is 1.27. The molecule has 0 N–H and O–H groups in total. The molecule has 0 saturated heterocycles. The van der Waals surface area contributed by atoms with Crippen molar-refractivity contribution in [3.8, 4) is 23.8 Å². The van der Waals surface area contributed by atoms with Gasteiger partial charge >= 0.3 is 5.69 Å². The zero-order chi connectivity index (χ0) is 12.7. The quantitative estimate of drug-likeness (QED) is 0.329. The molecular formula is C12H13NO4. The van der Waals surface area contributed by atoms with Crippen molar-refractivity contribution in [1.29, 1.82) is 0 Å². The van der Waals surface area contributed by atoms with E-state index in [0.29, 0.717) is 18.8 Å². The van der Waals surface area contributed by atoms with E-state index >= 15 is 0 Å². The Morgan fingerprint density at radius 1 is 1.53 bits per heavy atom. The fraction of sp³-hybridized carbons (Fsp3) is 0.333. The molecule has 0 amide bonds. The second-order valence-electron chi connectivity index (χ2n) is 3.25. The molecular weight excluding hydrogens is 222 g/mol. The zero-order valence-electron chi connectivity index (χ0n) is 9.51. The number of nitro benzene ring substituents is 1. The van der Waals surface area contributed by atoms with Gasteiger partial charge in [-0.1, -0.05) is 0 Å². The number of rotatable bonds is 6. The highest BCUT2D eigenvalue weighted by molar-refractivity contribution is 5.50. The summed E-state index contributed by atoms with van der Waals surface area (Å²) >= 11 is 0. The minimum atomic E-state index is -0.507. The van der Waals surface area contributed by atoms with Gasteiger partial charge in [-0.3, -0.25) is 10.1 Å². The highest BCUT2D eigenvalue weighted by Gasteiger charge is 2.15. The first kappa shape index (κ1) is 12.8. The Morgan fingerprint density at radius 3 is 2.88 bits per heavy atom. The molecule has 5 heteroatoms. The van der Waals surface area contributed by atoms with E-state index in [9.17, 15) is 10.1 Å². The Hall–Kier alpha value is -2.22. The summed E-state index contributed by atoms with van der Waals surface area (Å²) in [7, 11) is 1.38. The Bertz CT molecular complexity index is 437. The molecule has 90 valence electrons. The molecule has 0 unspecified atom stereocenters. The van der Waals surface area contributed by atoms with Crippen molar-refractivity contribution in [3.63, 3.8) is 0 Å². The van der Waals surface area contributed by atoms with Crippen LogP contribution in [0.2, 0.25) is 0 Å². The monoisotopic (exact) mass is 235 g/mol. The molecule has 0 aliphatic rings. The van der Waals surface area contributed by atoms with Crippen LogP contribution in [0.15, 0.2) is 18.2 Å². The van der Waals surface area contributed by atoms with E-state index in [2.05, 4.69) is 5.92 Å². The number of nitrogens with zero attached hydrogens (tertiary/aromatic N) is 1. The molecule has 0 bridgehead atoms. The standard InChI is InChI=1S/C12H13NO4/c1-3-4-5-8-17-10-6-7-12(16-2)11(9-10)13(14)15/h1,6-7,9H,4-5,8H2,2H3. The second-order valence-corrected chi connectivity index (χ2v) is 3.25. The highest BCUT2D eigenvalue weighted by atomic mass is 16.6. The van der Waals surface area contributed by atoms with Crippen molar-refractivity contribution >= 4 is 5.69 Å². The molecule has 0 spiro atoms. The lowest BCUT2D eigenvalue weighted by Gasteiger charge is -2.06. The number of benzene rings is 1. The van der Waals surface area contributed by atoms with E-state index in [4.69, 9.17) is 15.9 Å². The summed E-state index contributed by atoms with van der Waals surface area (Å²) in [6.07, 6.45) is 6.44. The summed E-state index contributed by atoms with van der Waals surface area (Å²) in [4.78, 5) is 10.2. The lowest BCUT2D eigenvalue weighted by molar-refractivity contribution is -0.385. The summed E-state index contributed by atoms with van der Waals surface area (Å²) in [6, 6.07) is 4.48. The Labute approximate surface area is 99.5 Å². The third-order valence-electron chi connectivity index (χ3n) is 2.08. The van der Waals surface area contributed by atoms with Gasteiger partial charge in [0.2, 0.25) is 0 Å². The van der Waals surface area contributed by atoms with Crippen molar-refractivity contribution in [1.82, 2.24) is 0 Å². The molecule has 0 atom stereocenters. The topological polar surface area (TPSA) is 61.6 Å². The smallest absolute Gasteiger partial charge is 0.314 e. The maximum atomic E-state index is 10.8.